The fraction of sp³-hybridized carbons (Fsp3) is 0.0345. The van der Waals surface area contributed by atoms with Crippen LogP contribution in [0.15, 0.2) is 243 Å². The Morgan fingerprint density at radius 1 is 0.393 bits per heavy atom. The molecule has 1 heterocycles. The van der Waals surface area contributed by atoms with E-state index in [4.69, 9.17) is 0 Å². The van der Waals surface area contributed by atoms with Gasteiger partial charge in [0.1, 0.15) is 0 Å². The van der Waals surface area contributed by atoms with Gasteiger partial charge in [0.2, 0.25) is 0 Å². The lowest BCUT2D eigenvalue weighted by Crippen LogP contribution is -2.30. The standard InChI is InChI=1S/C58H43N3/c1-5-17-48(18-6-1)59(49-19-7-2-8-20-49)52-32-25-43(26-33-52)46-30-37-57-55(40-46)56-41-47(31-38-58(56)61(57)54-36-29-42-15-13-14-16-45(42)39-54)44-27-34-53(35-28-44)60(50-21-9-3-10-22-50)51-23-11-4-12-24-51/h1-34,36-41,53H,35H2. The van der Waals surface area contributed by atoms with Gasteiger partial charge in [-0.05, 0) is 137 Å². The second-order valence-corrected chi connectivity index (χ2v) is 15.7. The van der Waals surface area contributed by atoms with Gasteiger partial charge >= 0.3 is 0 Å². The highest BCUT2D eigenvalue weighted by Gasteiger charge is 2.22. The number of benzene rings is 9. The van der Waals surface area contributed by atoms with Gasteiger partial charge in [0.25, 0.3) is 0 Å². The average Bonchev–Trinajstić information content (AvgIpc) is 3.66. The van der Waals surface area contributed by atoms with Gasteiger partial charge in [0, 0.05) is 44.9 Å². The summed E-state index contributed by atoms with van der Waals surface area (Å²) in [5.74, 6) is 0. The van der Waals surface area contributed by atoms with E-state index in [0.717, 1.165) is 29.2 Å². The molecule has 0 amide bonds. The Morgan fingerprint density at radius 2 is 0.885 bits per heavy atom. The molecule has 0 fully saturated rings. The molecule has 10 aromatic rings. The molecular formula is C58H43N3. The minimum atomic E-state index is 0.202. The normalized spacial score (nSPS) is 13.7. The zero-order valence-electron chi connectivity index (χ0n) is 33.7. The molecule has 0 saturated heterocycles. The summed E-state index contributed by atoms with van der Waals surface area (Å²) in [4.78, 5) is 4.75. The van der Waals surface area contributed by atoms with Gasteiger partial charge in [-0.2, -0.15) is 0 Å². The van der Waals surface area contributed by atoms with Crippen LogP contribution in [-0.4, -0.2) is 10.6 Å². The van der Waals surface area contributed by atoms with E-state index >= 15 is 0 Å². The SMILES string of the molecule is C1=CC(N(c2ccccc2)c2ccccc2)CC=C1c1ccc2c(c1)c1cc(-c3ccc(N(c4ccccc4)c4ccccc4)cc3)ccc1n2-c1ccc2ccccc2c1. The molecule has 0 spiro atoms. The molecule has 290 valence electrons. The van der Waals surface area contributed by atoms with Crippen LogP contribution in [0.2, 0.25) is 0 Å². The first kappa shape index (κ1) is 36.2. The van der Waals surface area contributed by atoms with Gasteiger partial charge in [-0.15, -0.1) is 0 Å². The van der Waals surface area contributed by atoms with E-state index in [1.54, 1.807) is 0 Å². The number of hydrogen-bond acceptors (Lipinski definition) is 2. The monoisotopic (exact) mass is 781 g/mol. The van der Waals surface area contributed by atoms with Gasteiger partial charge in [0.05, 0.1) is 17.1 Å². The third-order valence-corrected chi connectivity index (χ3v) is 12.1. The van der Waals surface area contributed by atoms with Crippen LogP contribution in [0, 0.1) is 0 Å². The molecule has 3 heteroatoms. The molecular weight excluding hydrogens is 739 g/mol. The van der Waals surface area contributed by atoms with Crippen molar-refractivity contribution in [2.45, 2.75) is 12.5 Å². The lowest BCUT2D eigenvalue weighted by molar-refractivity contribution is 0.787. The maximum absolute atomic E-state index is 2.44. The van der Waals surface area contributed by atoms with Gasteiger partial charge < -0.3 is 14.4 Å². The average molecular weight is 782 g/mol. The molecule has 1 aliphatic carbocycles. The molecule has 0 radical (unpaired) electrons. The lowest BCUT2D eigenvalue weighted by Gasteiger charge is -2.33. The number of nitrogens with zero attached hydrogens (tertiary/aromatic N) is 3. The Balaban J connectivity index is 0.991. The Kier molecular flexibility index (Phi) is 9.33. The van der Waals surface area contributed by atoms with E-state index < -0.39 is 0 Å². The molecule has 1 atom stereocenters. The van der Waals surface area contributed by atoms with E-state index in [-0.39, 0.29) is 6.04 Å². The fourth-order valence-electron chi connectivity index (χ4n) is 9.10. The zero-order valence-corrected chi connectivity index (χ0v) is 33.7. The predicted octanol–water partition coefficient (Wildman–Crippen LogP) is 15.6. The van der Waals surface area contributed by atoms with Crippen molar-refractivity contribution in [2.24, 2.45) is 0 Å². The lowest BCUT2D eigenvalue weighted by atomic mass is 9.94. The Bertz CT molecular complexity index is 3120. The number of allylic oxidation sites excluding steroid dienone is 2. The van der Waals surface area contributed by atoms with Crippen LogP contribution in [0.3, 0.4) is 0 Å². The van der Waals surface area contributed by atoms with Crippen molar-refractivity contribution < 1.29 is 0 Å². The van der Waals surface area contributed by atoms with Crippen molar-refractivity contribution in [3.63, 3.8) is 0 Å². The van der Waals surface area contributed by atoms with E-state index in [0.29, 0.717) is 0 Å². The van der Waals surface area contributed by atoms with Crippen molar-refractivity contribution in [3.8, 4) is 16.8 Å². The molecule has 1 unspecified atom stereocenters. The third kappa shape index (κ3) is 6.86. The fourth-order valence-corrected chi connectivity index (χ4v) is 9.10. The van der Waals surface area contributed by atoms with Crippen LogP contribution in [0.1, 0.15) is 12.0 Å². The van der Waals surface area contributed by atoms with E-state index in [9.17, 15) is 0 Å². The van der Waals surface area contributed by atoms with Crippen molar-refractivity contribution in [2.75, 3.05) is 9.80 Å². The first-order valence-corrected chi connectivity index (χ1v) is 21.1. The summed E-state index contributed by atoms with van der Waals surface area (Å²) in [6.45, 7) is 0. The van der Waals surface area contributed by atoms with Crippen LogP contribution >= 0.6 is 0 Å². The van der Waals surface area contributed by atoms with Gasteiger partial charge in [-0.3, -0.25) is 0 Å². The Hall–Kier alpha value is -7.88. The summed E-state index contributed by atoms with van der Waals surface area (Å²) >= 11 is 0. The smallest absolute Gasteiger partial charge is 0.0560 e. The highest BCUT2D eigenvalue weighted by molar-refractivity contribution is 6.11. The molecule has 61 heavy (non-hydrogen) atoms. The van der Waals surface area contributed by atoms with Crippen LogP contribution in [0.5, 0.6) is 0 Å². The minimum absolute atomic E-state index is 0.202. The second kappa shape index (κ2) is 15.7. The number of hydrogen-bond donors (Lipinski definition) is 0. The van der Waals surface area contributed by atoms with E-state index in [1.807, 2.05) is 0 Å². The van der Waals surface area contributed by atoms with Crippen LogP contribution < -0.4 is 9.80 Å². The molecule has 0 aliphatic heterocycles. The van der Waals surface area contributed by atoms with Crippen LogP contribution in [-0.2, 0) is 0 Å². The van der Waals surface area contributed by atoms with Gasteiger partial charge in [0.15, 0.2) is 0 Å². The van der Waals surface area contributed by atoms with E-state index in [1.165, 1.54) is 66.2 Å². The Labute approximate surface area is 357 Å². The highest BCUT2D eigenvalue weighted by atomic mass is 15.2. The first-order valence-electron chi connectivity index (χ1n) is 21.1. The molecule has 0 N–H and O–H groups in total. The van der Waals surface area contributed by atoms with E-state index in [2.05, 4.69) is 257 Å². The zero-order chi connectivity index (χ0) is 40.5. The molecule has 0 saturated carbocycles. The topological polar surface area (TPSA) is 11.4 Å². The molecule has 1 aliphatic rings. The summed E-state index contributed by atoms with van der Waals surface area (Å²) < 4.78 is 2.43. The second-order valence-electron chi connectivity index (χ2n) is 15.7. The molecule has 0 bridgehead atoms. The summed E-state index contributed by atoms with van der Waals surface area (Å²) in [6.07, 6.45) is 8.00. The van der Waals surface area contributed by atoms with Crippen LogP contribution in [0.4, 0.5) is 28.4 Å². The molecule has 1 aromatic heterocycles. The van der Waals surface area contributed by atoms with Crippen molar-refractivity contribution in [1.29, 1.82) is 0 Å². The summed E-state index contributed by atoms with van der Waals surface area (Å²) in [7, 11) is 0. The van der Waals surface area contributed by atoms with Crippen molar-refractivity contribution in [3.05, 3.63) is 248 Å². The largest absolute Gasteiger partial charge is 0.334 e. The van der Waals surface area contributed by atoms with Gasteiger partial charge in [-0.25, -0.2) is 0 Å². The molecule has 3 nitrogen and oxygen atoms in total. The van der Waals surface area contributed by atoms with Crippen molar-refractivity contribution in [1.82, 2.24) is 4.57 Å². The summed E-state index contributed by atoms with van der Waals surface area (Å²) in [5.41, 5.74) is 14.1. The van der Waals surface area contributed by atoms with Crippen LogP contribution in [0.25, 0.3) is 55.0 Å². The van der Waals surface area contributed by atoms with Crippen molar-refractivity contribution >= 4 is 66.6 Å². The summed E-state index contributed by atoms with van der Waals surface area (Å²) in [5, 5.41) is 4.95. The number of para-hydroxylation sites is 4. The number of anilines is 5. The molecule has 11 rings (SSSR count). The number of rotatable bonds is 9. The maximum atomic E-state index is 2.44. The minimum Gasteiger partial charge on any atom is -0.334 e. The Morgan fingerprint density at radius 3 is 1.46 bits per heavy atom. The number of aromatic nitrogens is 1. The summed E-state index contributed by atoms with van der Waals surface area (Å²) in [6, 6.07) is 81.2. The first-order chi connectivity index (χ1) is 30.2. The highest BCUT2D eigenvalue weighted by Crippen LogP contribution is 2.40. The van der Waals surface area contributed by atoms with Gasteiger partial charge in [-0.1, -0.05) is 146 Å². The predicted molar refractivity (Wildman–Crippen MR) is 259 cm³/mol. The quantitative estimate of drug-likeness (QED) is 0.144. The molecule has 9 aromatic carbocycles. The maximum Gasteiger partial charge on any atom is 0.0560 e. The number of fused-ring (bicyclic) bond motifs is 4. The third-order valence-electron chi connectivity index (χ3n) is 12.1.